The quantitative estimate of drug-likeness (QED) is 0.814. The van der Waals surface area contributed by atoms with Crippen LogP contribution in [0.25, 0.3) is 0 Å². The number of rotatable bonds is 2. The Morgan fingerprint density at radius 2 is 2.04 bits per heavy atom. The number of carbonyl (C=O) groups excluding carboxylic acids is 1. The van der Waals surface area contributed by atoms with Crippen molar-refractivity contribution in [3.05, 3.63) is 17.0 Å². The Morgan fingerprint density at radius 3 is 2.54 bits per heavy atom. The molecule has 1 fully saturated rings. The SMILES string of the molecule is CC1CN(C(=O)OC(C)(C)C)CCC1Nc1ncc(C(F)(F)F)nc1Cl. The second-order valence-electron chi connectivity index (χ2n) is 7.34. The number of likely N-dealkylation sites (tertiary alicyclic amines) is 1. The molecule has 1 aliphatic rings. The average molecular weight is 395 g/mol. The molecule has 2 unspecified atom stereocenters. The number of alkyl halides is 3. The van der Waals surface area contributed by atoms with Gasteiger partial charge in [0.05, 0.1) is 6.20 Å². The van der Waals surface area contributed by atoms with Crippen LogP contribution in [0, 0.1) is 5.92 Å². The zero-order chi connectivity index (χ0) is 19.7. The van der Waals surface area contributed by atoms with Crippen molar-refractivity contribution in [2.75, 3.05) is 18.4 Å². The zero-order valence-corrected chi connectivity index (χ0v) is 15.8. The molecule has 0 radical (unpaired) electrons. The average Bonchev–Trinajstić information content (AvgIpc) is 2.48. The van der Waals surface area contributed by atoms with Crippen molar-refractivity contribution < 1.29 is 22.7 Å². The summed E-state index contributed by atoms with van der Waals surface area (Å²) >= 11 is 5.83. The number of piperidine rings is 1. The first-order valence-corrected chi connectivity index (χ1v) is 8.59. The summed E-state index contributed by atoms with van der Waals surface area (Å²) in [6, 6.07) is -0.0998. The predicted octanol–water partition coefficient (Wildman–Crippen LogP) is 4.21. The van der Waals surface area contributed by atoms with Crippen LogP contribution in [-0.4, -0.2) is 45.7 Å². The summed E-state index contributed by atoms with van der Waals surface area (Å²) in [6.07, 6.45) is -3.75. The van der Waals surface area contributed by atoms with E-state index in [0.717, 1.165) is 0 Å². The molecule has 0 aliphatic carbocycles. The lowest BCUT2D eigenvalue weighted by atomic mass is 9.94. The van der Waals surface area contributed by atoms with Crippen molar-refractivity contribution >= 4 is 23.5 Å². The van der Waals surface area contributed by atoms with Gasteiger partial charge in [-0.1, -0.05) is 18.5 Å². The third kappa shape index (κ3) is 5.36. The molecule has 0 saturated carbocycles. The topological polar surface area (TPSA) is 67.3 Å². The largest absolute Gasteiger partial charge is 0.444 e. The normalized spacial score (nSPS) is 21.5. The van der Waals surface area contributed by atoms with Crippen LogP contribution in [0.3, 0.4) is 0 Å². The minimum atomic E-state index is -4.60. The predicted molar refractivity (Wildman–Crippen MR) is 91.0 cm³/mol. The zero-order valence-electron chi connectivity index (χ0n) is 15.0. The molecule has 0 bridgehead atoms. The summed E-state index contributed by atoms with van der Waals surface area (Å²) in [5.74, 6) is 0.124. The van der Waals surface area contributed by atoms with E-state index >= 15 is 0 Å². The minimum Gasteiger partial charge on any atom is -0.444 e. The van der Waals surface area contributed by atoms with Gasteiger partial charge >= 0.3 is 12.3 Å². The Balaban J connectivity index is 1.99. The van der Waals surface area contributed by atoms with Gasteiger partial charge in [0.1, 0.15) is 5.60 Å². The van der Waals surface area contributed by atoms with Crippen LogP contribution in [0.15, 0.2) is 6.20 Å². The summed E-state index contributed by atoms with van der Waals surface area (Å²) in [5.41, 5.74) is -1.71. The van der Waals surface area contributed by atoms with Gasteiger partial charge in [-0.3, -0.25) is 0 Å². The molecule has 2 atom stereocenters. The maximum atomic E-state index is 12.6. The molecule has 26 heavy (non-hydrogen) atoms. The van der Waals surface area contributed by atoms with Gasteiger partial charge in [-0.25, -0.2) is 14.8 Å². The summed E-state index contributed by atoms with van der Waals surface area (Å²) in [7, 11) is 0. The second kappa shape index (κ2) is 7.46. The van der Waals surface area contributed by atoms with Crippen molar-refractivity contribution in [3.63, 3.8) is 0 Å². The smallest absolute Gasteiger partial charge is 0.434 e. The van der Waals surface area contributed by atoms with Gasteiger partial charge < -0.3 is 15.0 Å². The number of aromatic nitrogens is 2. The van der Waals surface area contributed by atoms with E-state index in [1.807, 2.05) is 6.92 Å². The fourth-order valence-corrected chi connectivity index (χ4v) is 2.82. The van der Waals surface area contributed by atoms with Crippen molar-refractivity contribution in [2.45, 2.75) is 51.9 Å². The van der Waals surface area contributed by atoms with Crippen LogP contribution >= 0.6 is 11.6 Å². The van der Waals surface area contributed by atoms with E-state index in [-0.39, 0.29) is 29.0 Å². The molecule has 1 aliphatic heterocycles. The first-order chi connectivity index (χ1) is 11.9. The number of nitrogens with zero attached hydrogens (tertiary/aromatic N) is 3. The highest BCUT2D eigenvalue weighted by atomic mass is 35.5. The molecule has 2 heterocycles. The van der Waals surface area contributed by atoms with Gasteiger partial charge in [-0.15, -0.1) is 0 Å². The maximum Gasteiger partial charge on any atom is 0.434 e. The fourth-order valence-electron chi connectivity index (χ4n) is 2.63. The van der Waals surface area contributed by atoms with Crippen LogP contribution in [0.2, 0.25) is 5.15 Å². The molecule has 1 aromatic heterocycles. The van der Waals surface area contributed by atoms with E-state index in [1.165, 1.54) is 0 Å². The highest BCUT2D eigenvalue weighted by molar-refractivity contribution is 6.31. The summed E-state index contributed by atoms with van der Waals surface area (Å²) in [4.78, 5) is 20.9. The maximum absolute atomic E-state index is 12.6. The van der Waals surface area contributed by atoms with Crippen LogP contribution < -0.4 is 5.32 Å². The first-order valence-electron chi connectivity index (χ1n) is 8.21. The first kappa shape index (κ1) is 20.5. The summed E-state index contributed by atoms with van der Waals surface area (Å²) in [5, 5.41) is 2.70. The van der Waals surface area contributed by atoms with E-state index in [4.69, 9.17) is 16.3 Å². The summed E-state index contributed by atoms with van der Waals surface area (Å²) in [6.45, 7) is 8.25. The van der Waals surface area contributed by atoms with Gasteiger partial charge in [0.25, 0.3) is 0 Å². The third-order valence-corrected chi connectivity index (χ3v) is 4.16. The molecule has 146 valence electrons. The standard InChI is InChI=1S/C16H22ClF3N4O2/c1-9-8-24(14(25)26-15(2,3)4)6-5-10(9)22-13-12(17)23-11(7-21-13)16(18,19)20/h7,9-10H,5-6,8H2,1-4H3,(H,21,22). The van der Waals surface area contributed by atoms with Gasteiger partial charge in [0.2, 0.25) is 0 Å². The van der Waals surface area contributed by atoms with Gasteiger partial charge in [-0.05, 0) is 33.1 Å². The Bertz CT molecular complexity index is 664. The number of carbonyl (C=O) groups is 1. The van der Waals surface area contributed by atoms with Crippen molar-refractivity contribution in [1.29, 1.82) is 0 Å². The minimum absolute atomic E-state index is 0.0245. The molecular weight excluding hydrogens is 373 g/mol. The van der Waals surface area contributed by atoms with Crippen LogP contribution in [0.4, 0.5) is 23.8 Å². The van der Waals surface area contributed by atoms with Crippen molar-refractivity contribution in [1.82, 2.24) is 14.9 Å². The van der Waals surface area contributed by atoms with E-state index < -0.39 is 17.5 Å². The van der Waals surface area contributed by atoms with E-state index in [2.05, 4.69) is 15.3 Å². The molecule has 1 aromatic rings. The van der Waals surface area contributed by atoms with E-state index in [1.54, 1.807) is 25.7 Å². The Hall–Kier alpha value is -1.77. The second-order valence-corrected chi connectivity index (χ2v) is 7.69. The number of hydrogen-bond donors (Lipinski definition) is 1. The Labute approximate surface area is 155 Å². The molecule has 2 rings (SSSR count). The molecule has 1 N–H and O–H groups in total. The Morgan fingerprint density at radius 1 is 1.38 bits per heavy atom. The molecule has 1 saturated heterocycles. The van der Waals surface area contributed by atoms with E-state index in [0.29, 0.717) is 25.7 Å². The van der Waals surface area contributed by atoms with Gasteiger partial charge in [0.15, 0.2) is 16.7 Å². The highest BCUT2D eigenvalue weighted by Gasteiger charge is 2.35. The van der Waals surface area contributed by atoms with Crippen LogP contribution in [0.5, 0.6) is 0 Å². The number of nitrogens with one attached hydrogen (secondary N) is 1. The van der Waals surface area contributed by atoms with Crippen molar-refractivity contribution in [3.8, 4) is 0 Å². The lowest BCUT2D eigenvalue weighted by Crippen LogP contribution is -2.49. The number of hydrogen-bond acceptors (Lipinski definition) is 5. The number of halogens is 4. The number of ether oxygens (including phenoxy) is 1. The monoisotopic (exact) mass is 394 g/mol. The summed E-state index contributed by atoms with van der Waals surface area (Å²) < 4.78 is 43.2. The molecule has 6 nitrogen and oxygen atoms in total. The van der Waals surface area contributed by atoms with Crippen LogP contribution in [-0.2, 0) is 10.9 Å². The number of anilines is 1. The third-order valence-electron chi connectivity index (χ3n) is 3.90. The fraction of sp³-hybridized carbons (Fsp3) is 0.688. The molecule has 1 amide bonds. The lowest BCUT2D eigenvalue weighted by molar-refractivity contribution is -0.141. The molecule has 0 spiro atoms. The Kier molecular flexibility index (Phi) is 5.89. The van der Waals surface area contributed by atoms with Crippen molar-refractivity contribution in [2.24, 2.45) is 5.92 Å². The number of amides is 1. The molecule has 0 aromatic carbocycles. The van der Waals surface area contributed by atoms with Crippen LogP contribution in [0.1, 0.15) is 39.8 Å². The highest BCUT2D eigenvalue weighted by Crippen LogP contribution is 2.30. The molecule has 10 heteroatoms. The lowest BCUT2D eigenvalue weighted by Gasteiger charge is -2.38. The van der Waals surface area contributed by atoms with E-state index in [9.17, 15) is 18.0 Å². The van der Waals surface area contributed by atoms with Gasteiger partial charge in [0, 0.05) is 19.1 Å². The van der Waals surface area contributed by atoms with Gasteiger partial charge in [-0.2, -0.15) is 13.2 Å². The molecular formula is C16H22ClF3N4O2.